The lowest BCUT2D eigenvalue weighted by Crippen LogP contribution is -2.14. The fourth-order valence-corrected chi connectivity index (χ4v) is 2.76. The number of fused-ring (bicyclic) bond motifs is 1. The first kappa shape index (κ1) is 13.7. The fourth-order valence-electron chi connectivity index (χ4n) is 2.76. The summed E-state index contributed by atoms with van der Waals surface area (Å²) in [7, 11) is 0. The van der Waals surface area contributed by atoms with Crippen molar-refractivity contribution in [2.45, 2.75) is 25.7 Å². The summed E-state index contributed by atoms with van der Waals surface area (Å²) in [6.45, 7) is 0. The Labute approximate surface area is 132 Å². The Morgan fingerprint density at radius 1 is 1.26 bits per heavy atom. The van der Waals surface area contributed by atoms with E-state index in [0.717, 1.165) is 36.9 Å². The molecule has 0 unspecified atom stereocenters. The van der Waals surface area contributed by atoms with Crippen LogP contribution in [0, 0.1) is 0 Å². The van der Waals surface area contributed by atoms with Crippen LogP contribution in [0.3, 0.4) is 0 Å². The van der Waals surface area contributed by atoms with Crippen LogP contribution in [0.15, 0.2) is 41.3 Å². The molecule has 23 heavy (non-hydrogen) atoms. The minimum atomic E-state index is -0.291. The van der Waals surface area contributed by atoms with Gasteiger partial charge in [0.2, 0.25) is 5.76 Å². The maximum Gasteiger partial charge on any atom is 0.294 e. The SMILES string of the molecule is O=C(Nc1cnn(-c2ccccn2)c1)c1onc2c1CCCC2. The minimum Gasteiger partial charge on any atom is -0.350 e. The number of anilines is 1. The summed E-state index contributed by atoms with van der Waals surface area (Å²) in [5, 5.41) is 11.0. The monoisotopic (exact) mass is 309 g/mol. The van der Waals surface area contributed by atoms with E-state index >= 15 is 0 Å². The van der Waals surface area contributed by atoms with Crippen LogP contribution in [0.2, 0.25) is 0 Å². The molecular weight excluding hydrogens is 294 g/mol. The average molecular weight is 309 g/mol. The topological polar surface area (TPSA) is 85.8 Å². The number of aryl methyl sites for hydroxylation is 1. The van der Waals surface area contributed by atoms with Crippen molar-refractivity contribution in [1.29, 1.82) is 0 Å². The number of hydrogen-bond acceptors (Lipinski definition) is 5. The predicted octanol–water partition coefficient (Wildman–Crippen LogP) is 2.39. The number of carbonyl (C=O) groups excluding carboxylic acids is 1. The van der Waals surface area contributed by atoms with E-state index in [1.165, 1.54) is 0 Å². The maximum atomic E-state index is 12.4. The zero-order valence-corrected chi connectivity index (χ0v) is 12.4. The number of rotatable bonds is 3. The van der Waals surface area contributed by atoms with E-state index in [-0.39, 0.29) is 5.91 Å². The molecule has 3 aromatic heterocycles. The van der Waals surface area contributed by atoms with Crippen LogP contribution in [0.4, 0.5) is 5.69 Å². The molecule has 1 aliphatic rings. The van der Waals surface area contributed by atoms with Gasteiger partial charge in [0, 0.05) is 11.8 Å². The lowest BCUT2D eigenvalue weighted by molar-refractivity contribution is 0.0986. The van der Waals surface area contributed by atoms with Crippen molar-refractivity contribution in [2.24, 2.45) is 0 Å². The molecule has 0 bridgehead atoms. The molecule has 3 aromatic rings. The van der Waals surface area contributed by atoms with E-state index in [4.69, 9.17) is 4.52 Å². The lowest BCUT2D eigenvalue weighted by atomic mass is 9.96. The van der Waals surface area contributed by atoms with Gasteiger partial charge in [0.15, 0.2) is 5.82 Å². The second-order valence-electron chi connectivity index (χ2n) is 5.46. The molecule has 7 nitrogen and oxygen atoms in total. The smallest absolute Gasteiger partial charge is 0.294 e. The van der Waals surface area contributed by atoms with Crippen LogP contribution in [0.25, 0.3) is 5.82 Å². The number of carbonyl (C=O) groups is 1. The van der Waals surface area contributed by atoms with E-state index in [0.29, 0.717) is 17.3 Å². The predicted molar refractivity (Wildman–Crippen MR) is 82.5 cm³/mol. The molecule has 0 aliphatic heterocycles. The van der Waals surface area contributed by atoms with E-state index in [2.05, 4.69) is 20.6 Å². The van der Waals surface area contributed by atoms with Crippen molar-refractivity contribution in [3.63, 3.8) is 0 Å². The van der Waals surface area contributed by atoms with Gasteiger partial charge in [-0.05, 0) is 37.8 Å². The molecule has 0 saturated carbocycles. The van der Waals surface area contributed by atoms with Crippen molar-refractivity contribution >= 4 is 11.6 Å². The third-order valence-corrected chi connectivity index (χ3v) is 3.89. The van der Waals surface area contributed by atoms with E-state index in [1.54, 1.807) is 23.3 Å². The molecule has 0 spiro atoms. The number of hydrogen-bond donors (Lipinski definition) is 1. The third-order valence-electron chi connectivity index (χ3n) is 3.89. The van der Waals surface area contributed by atoms with Crippen LogP contribution in [-0.2, 0) is 12.8 Å². The van der Waals surface area contributed by atoms with Gasteiger partial charge >= 0.3 is 0 Å². The minimum absolute atomic E-state index is 0.291. The van der Waals surface area contributed by atoms with Gasteiger partial charge in [0.25, 0.3) is 5.91 Å². The molecule has 4 rings (SSSR count). The van der Waals surface area contributed by atoms with Crippen LogP contribution in [0.1, 0.15) is 34.7 Å². The first-order valence-corrected chi connectivity index (χ1v) is 7.56. The number of nitrogens with zero attached hydrogens (tertiary/aromatic N) is 4. The quantitative estimate of drug-likeness (QED) is 0.803. The van der Waals surface area contributed by atoms with E-state index < -0.39 is 0 Å². The number of amides is 1. The van der Waals surface area contributed by atoms with Gasteiger partial charge < -0.3 is 9.84 Å². The normalized spacial score (nSPS) is 13.6. The highest BCUT2D eigenvalue weighted by Crippen LogP contribution is 2.24. The Morgan fingerprint density at radius 2 is 2.17 bits per heavy atom. The fraction of sp³-hybridized carbons (Fsp3) is 0.250. The molecule has 0 fully saturated rings. The third kappa shape index (κ3) is 2.61. The number of pyridine rings is 1. The van der Waals surface area contributed by atoms with Crippen molar-refractivity contribution in [3.05, 3.63) is 53.8 Å². The van der Waals surface area contributed by atoms with Crippen molar-refractivity contribution in [2.75, 3.05) is 5.32 Å². The molecule has 0 aromatic carbocycles. The van der Waals surface area contributed by atoms with E-state index in [1.807, 2.05) is 18.2 Å². The molecule has 0 atom stereocenters. The van der Waals surface area contributed by atoms with Gasteiger partial charge in [-0.25, -0.2) is 9.67 Å². The zero-order valence-electron chi connectivity index (χ0n) is 12.4. The summed E-state index contributed by atoms with van der Waals surface area (Å²) in [6, 6.07) is 5.55. The number of aromatic nitrogens is 4. The Balaban J connectivity index is 1.53. The van der Waals surface area contributed by atoms with Crippen LogP contribution >= 0.6 is 0 Å². The summed E-state index contributed by atoms with van der Waals surface area (Å²) in [4.78, 5) is 16.6. The number of nitrogens with one attached hydrogen (secondary N) is 1. The molecule has 116 valence electrons. The summed E-state index contributed by atoms with van der Waals surface area (Å²) >= 11 is 0. The molecule has 0 saturated heterocycles. The second kappa shape index (κ2) is 5.68. The van der Waals surface area contributed by atoms with Gasteiger partial charge in [0.05, 0.1) is 23.8 Å². The Kier molecular flexibility index (Phi) is 3.38. The molecule has 1 amide bonds. The maximum absolute atomic E-state index is 12.4. The highest BCUT2D eigenvalue weighted by Gasteiger charge is 2.24. The zero-order chi connectivity index (χ0) is 15.6. The van der Waals surface area contributed by atoms with Crippen LogP contribution in [0.5, 0.6) is 0 Å². The first-order valence-electron chi connectivity index (χ1n) is 7.56. The van der Waals surface area contributed by atoms with Crippen molar-refractivity contribution in [3.8, 4) is 5.82 Å². The Bertz CT molecular complexity index is 837. The largest absolute Gasteiger partial charge is 0.350 e. The highest BCUT2D eigenvalue weighted by atomic mass is 16.5. The molecule has 0 radical (unpaired) electrons. The molecular formula is C16H15N5O2. The lowest BCUT2D eigenvalue weighted by Gasteiger charge is -2.08. The highest BCUT2D eigenvalue weighted by molar-refractivity contribution is 6.03. The van der Waals surface area contributed by atoms with Crippen LogP contribution in [-0.4, -0.2) is 25.8 Å². The summed E-state index contributed by atoms with van der Waals surface area (Å²) in [6.07, 6.45) is 8.86. The summed E-state index contributed by atoms with van der Waals surface area (Å²) < 4.78 is 6.84. The molecule has 1 N–H and O–H groups in total. The van der Waals surface area contributed by atoms with Gasteiger partial charge in [-0.3, -0.25) is 4.79 Å². The molecule has 3 heterocycles. The molecule has 7 heteroatoms. The average Bonchev–Trinajstić information content (AvgIpc) is 3.22. The van der Waals surface area contributed by atoms with Crippen molar-refractivity contribution < 1.29 is 9.32 Å². The summed E-state index contributed by atoms with van der Waals surface area (Å²) in [5.74, 6) is 0.705. The van der Waals surface area contributed by atoms with Gasteiger partial charge in [-0.2, -0.15) is 5.10 Å². The van der Waals surface area contributed by atoms with Gasteiger partial charge in [0.1, 0.15) is 0 Å². The summed E-state index contributed by atoms with van der Waals surface area (Å²) in [5.41, 5.74) is 2.43. The van der Waals surface area contributed by atoms with Gasteiger partial charge in [-0.15, -0.1) is 0 Å². The Morgan fingerprint density at radius 3 is 3.04 bits per heavy atom. The van der Waals surface area contributed by atoms with Crippen molar-refractivity contribution in [1.82, 2.24) is 19.9 Å². The van der Waals surface area contributed by atoms with E-state index in [9.17, 15) is 4.79 Å². The van der Waals surface area contributed by atoms with Gasteiger partial charge in [-0.1, -0.05) is 11.2 Å². The Hall–Kier alpha value is -2.96. The molecule has 1 aliphatic carbocycles. The van der Waals surface area contributed by atoms with Crippen LogP contribution < -0.4 is 5.32 Å². The standard InChI is InChI=1S/C16H15N5O2/c22-16(15-12-5-1-2-6-13(12)20-23-15)19-11-9-18-21(10-11)14-7-3-4-8-17-14/h3-4,7-10H,1-2,5-6H2,(H,19,22). The first-order chi connectivity index (χ1) is 11.3. The second-order valence-corrected chi connectivity index (χ2v) is 5.46.